The molecule has 70 valence electrons. The van der Waals surface area contributed by atoms with Gasteiger partial charge in [0.25, 0.3) is 0 Å². The molecule has 1 aromatic heterocycles. The van der Waals surface area contributed by atoms with Crippen LogP contribution in [0.25, 0.3) is 0 Å². The van der Waals surface area contributed by atoms with Crippen LogP contribution in [0.5, 0.6) is 0 Å². The van der Waals surface area contributed by atoms with Crippen molar-refractivity contribution in [3.05, 3.63) is 33.2 Å². The second-order valence-electron chi connectivity index (χ2n) is 3.09. The number of carbonyl (C=O) groups is 1. The molecule has 1 N–H and O–H groups in total. The molecule has 1 aromatic rings. The van der Waals surface area contributed by atoms with Crippen molar-refractivity contribution >= 4 is 5.78 Å². The van der Waals surface area contributed by atoms with E-state index in [0.717, 1.165) is 5.69 Å². The molecule has 1 rings (SSSR count). The summed E-state index contributed by atoms with van der Waals surface area (Å²) < 4.78 is 0. The van der Waals surface area contributed by atoms with Crippen LogP contribution in [0.1, 0.15) is 35.1 Å². The Bertz CT molecular complexity index is 390. The van der Waals surface area contributed by atoms with Gasteiger partial charge in [-0.25, -0.2) is 0 Å². The van der Waals surface area contributed by atoms with Gasteiger partial charge in [-0.2, -0.15) is 0 Å². The van der Waals surface area contributed by atoms with Crippen LogP contribution in [0.15, 0.2) is 10.9 Å². The van der Waals surface area contributed by atoms with Crippen molar-refractivity contribution in [3.8, 4) is 0 Å². The molecular weight excluding hydrogens is 166 g/mol. The van der Waals surface area contributed by atoms with Crippen LogP contribution in [-0.4, -0.2) is 10.8 Å². The zero-order valence-corrected chi connectivity index (χ0v) is 8.10. The molecule has 0 saturated heterocycles. The molecule has 0 aliphatic heterocycles. The van der Waals surface area contributed by atoms with Crippen molar-refractivity contribution in [2.75, 3.05) is 0 Å². The maximum Gasteiger partial charge on any atom is 0.192 e. The first-order valence-electron chi connectivity index (χ1n) is 4.30. The van der Waals surface area contributed by atoms with E-state index in [1.165, 1.54) is 6.07 Å². The van der Waals surface area contributed by atoms with Crippen LogP contribution >= 0.6 is 0 Å². The minimum absolute atomic E-state index is 0.0984. The Morgan fingerprint density at radius 1 is 1.46 bits per heavy atom. The van der Waals surface area contributed by atoms with Gasteiger partial charge in [0.2, 0.25) is 0 Å². The Labute approximate surface area is 76.8 Å². The normalized spacial score (nSPS) is 10.1. The van der Waals surface area contributed by atoms with Crippen LogP contribution in [0.2, 0.25) is 0 Å². The molecule has 0 amide bonds. The largest absolute Gasteiger partial charge is 0.362 e. The van der Waals surface area contributed by atoms with E-state index in [-0.39, 0.29) is 11.2 Å². The number of H-pyrrole nitrogens is 1. The molecule has 0 unspecified atom stereocenters. The first-order chi connectivity index (χ1) is 6.06. The number of ketones is 1. The lowest BCUT2D eigenvalue weighted by Crippen LogP contribution is -2.17. The average Bonchev–Trinajstić information content (AvgIpc) is 2.02. The summed E-state index contributed by atoms with van der Waals surface area (Å²) >= 11 is 0. The van der Waals surface area contributed by atoms with E-state index < -0.39 is 0 Å². The summed E-state index contributed by atoms with van der Waals surface area (Å²) in [7, 11) is 0. The third-order valence-electron chi connectivity index (χ3n) is 1.95. The summed E-state index contributed by atoms with van der Waals surface area (Å²) in [5.74, 6) is -0.0984. The maximum absolute atomic E-state index is 11.4. The Morgan fingerprint density at radius 3 is 2.54 bits per heavy atom. The molecule has 3 nitrogen and oxygen atoms in total. The zero-order chi connectivity index (χ0) is 10.0. The van der Waals surface area contributed by atoms with Crippen LogP contribution in [0.4, 0.5) is 0 Å². The van der Waals surface area contributed by atoms with E-state index in [2.05, 4.69) is 4.98 Å². The lowest BCUT2D eigenvalue weighted by Gasteiger charge is -2.03. The molecule has 0 bridgehead atoms. The van der Waals surface area contributed by atoms with Crippen LogP contribution < -0.4 is 5.43 Å². The average molecular weight is 179 g/mol. The van der Waals surface area contributed by atoms with E-state index >= 15 is 0 Å². The predicted molar refractivity (Wildman–Crippen MR) is 51.2 cm³/mol. The van der Waals surface area contributed by atoms with Crippen molar-refractivity contribution in [2.24, 2.45) is 0 Å². The van der Waals surface area contributed by atoms with E-state index in [1.54, 1.807) is 20.8 Å². The Kier molecular flexibility index (Phi) is 2.66. The van der Waals surface area contributed by atoms with E-state index in [4.69, 9.17) is 0 Å². The molecule has 0 fully saturated rings. The summed E-state index contributed by atoms with van der Waals surface area (Å²) in [6.07, 6.45) is 0.368. The number of hydrogen-bond donors (Lipinski definition) is 1. The molecule has 0 aliphatic rings. The van der Waals surface area contributed by atoms with Gasteiger partial charge in [-0.3, -0.25) is 9.59 Å². The molecule has 3 heteroatoms. The quantitative estimate of drug-likeness (QED) is 0.701. The van der Waals surface area contributed by atoms with Crippen molar-refractivity contribution in [2.45, 2.75) is 27.2 Å². The van der Waals surface area contributed by atoms with Gasteiger partial charge in [0.15, 0.2) is 11.2 Å². The number of aromatic amines is 1. The fourth-order valence-electron chi connectivity index (χ4n) is 1.37. The lowest BCUT2D eigenvalue weighted by molar-refractivity contribution is 0.0986. The Balaban J connectivity index is 3.38. The second kappa shape index (κ2) is 3.56. The fraction of sp³-hybridized carbons (Fsp3) is 0.400. The fourth-order valence-corrected chi connectivity index (χ4v) is 1.37. The molecule has 1 heterocycles. The summed E-state index contributed by atoms with van der Waals surface area (Å²) in [6, 6.07) is 1.45. The van der Waals surface area contributed by atoms with Gasteiger partial charge >= 0.3 is 0 Å². The number of rotatable bonds is 2. The molecule has 0 aliphatic carbocycles. The van der Waals surface area contributed by atoms with Crippen LogP contribution in [-0.2, 0) is 0 Å². The van der Waals surface area contributed by atoms with Crippen molar-refractivity contribution in [1.29, 1.82) is 0 Å². The number of Topliss-reactive ketones (excluding diaryl/α,β-unsaturated/α-hetero) is 1. The molecular formula is C10H13NO2. The van der Waals surface area contributed by atoms with Gasteiger partial charge in [0.1, 0.15) is 0 Å². The SMILES string of the molecule is CCC(=O)c1c(C)[nH]c(C)cc1=O. The van der Waals surface area contributed by atoms with Gasteiger partial charge < -0.3 is 4.98 Å². The second-order valence-corrected chi connectivity index (χ2v) is 3.09. The number of carbonyl (C=O) groups excluding carboxylic acids is 1. The van der Waals surface area contributed by atoms with Crippen LogP contribution in [0.3, 0.4) is 0 Å². The molecule has 0 atom stereocenters. The van der Waals surface area contributed by atoms with Gasteiger partial charge in [-0.15, -0.1) is 0 Å². The smallest absolute Gasteiger partial charge is 0.192 e. The van der Waals surface area contributed by atoms with Crippen molar-refractivity contribution in [1.82, 2.24) is 4.98 Å². The topological polar surface area (TPSA) is 49.9 Å². The first-order valence-corrected chi connectivity index (χ1v) is 4.30. The van der Waals surface area contributed by atoms with Crippen molar-refractivity contribution in [3.63, 3.8) is 0 Å². The highest BCUT2D eigenvalue weighted by Gasteiger charge is 2.11. The number of hydrogen-bond acceptors (Lipinski definition) is 2. The van der Waals surface area contributed by atoms with Gasteiger partial charge in [-0.1, -0.05) is 6.92 Å². The predicted octanol–water partition coefficient (Wildman–Crippen LogP) is 1.58. The third-order valence-corrected chi connectivity index (χ3v) is 1.95. The molecule has 13 heavy (non-hydrogen) atoms. The molecule has 0 spiro atoms. The number of aromatic nitrogens is 1. The van der Waals surface area contributed by atoms with Gasteiger partial charge in [0.05, 0.1) is 5.56 Å². The standard InChI is InChI=1S/C10H13NO2/c1-4-8(12)10-7(3)11-6(2)5-9(10)13/h5H,4H2,1-3H3,(H,11,13). The Hall–Kier alpha value is -1.38. The van der Waals surface area contributed by atoms with E-state index in [9.17, 15) is 9.59 Å². The highest BCUT2D eigenvalue weighted by Crippen LogP contribution is 2.03. The van der Waals surface area contributed by atoms with Crippen molar-refractivity contribution < 1.29 is 4.79 Å². The third kappa shape index (κ3) is 1.86. The Morgan fingerprint density at radius 2 is 2.08 bits per heavy atom. The summed E-state index contributed by atoms with van der Waals surface area (Å²) in [5, 5.41) is 0. The summed E-state index contributed by atoms with van der Waals surface area (Å²) in [6.45, 7) is 5.30. The number of pyridine rings is 1. The highest BCUT2D eigenvalue weighted by atomic mass is 16.1. The van der Waals surface area contributed by atoms with E-state index in [0.29, 0.717) is 17.7 Å². The molecule has 0 saturated carbocycles. The summed E-state index contributed by atoms with van der Waals surface area (Å²) in [4.78, 5) is 25.7. The minimum atomic E-state index is -0.180. The maximum atomic E-state index is 11.4. The zero-order valence-electron chi connectivity index (χ0n) is 8.10. The van der Waals surface area contributed by atoms with Gasteiger partial charge in [0, 0.05) is 23.9 Å². The highest BCUT2D eigenvalue weighted by molar-refractivity contribution is 5.96. The minimum Gasteiger partial charge on any atom is -0.362 e. The van der Waals surface area contributed by atoms with Crippen LogP contribution in [0, 0.1) is 13.8 Å². The summed E-state index contributed by atoms with van der Waals surface area (Å²) in [5.41, 5.74) is 1.57. The number of nitrogens with one attached hydrogen (secondary N) is 1. The first kappa shape index (κ1) is 9.71. The molecule has 0 aromatic carbocycles. The van der Waals surface area contributed by atoms with Gasteiger partial charge in [-0.05, 0) is 13.8 Å². The molecule has 0 radical (unpaired) electrons. The monoisotopic (exact) mass is 179 g/mol. The lowest BCUT2D eigenvalue weighted by atomic mass is 10.1. The number of aryl methyl sites for hydroxylation is 2. The van der Waals surface area contributed by atoms with E-state index in [1.807, 2.05) is 0 Å².